The van der Waals surface area contributed by atoms with Crippen LogP contribution in [0.1, 0.15) is 55.1 Å². The van der Waals surface area contributed by atoms with E-state index in [0.29, 0.717) is 18.0 Å². The highest BCUT2D eigenvalue weighted by Crippen LogP contribution is 2.41. The van der Waals surface area contributed by atoms with Crippen molar-refractivity contribution in [3.05, 3.63) is 17.5 Å². The van der Waals surface area contributed by atoms with E-state index in [1.54, 1.807) is 6.20 Å². The lowest BCUT2D eigenvalue weighted by molar-refractivity contribution is 0.0941. The van der Waals surface area contributed by atoms with Gasteiger partial charge in [-0.1, -0.05) is 13.8 Å². The van der Waals surface area contributed by atoms with E-state index in [-0.39, 0.29) is 18.4 Å². The number of aliphatic hydroxyl groups excluding tert-OH is 1. The van der Waals surface area contributed by atoms with E-state index >= 15 is 0 Å². The third-order valence-electron chi connectivity index (χ3n) is 3.45. The van der Waals surface area contributed by atoms with Gasteiger partial charge in [0.2, 0.25) is 0 Å². The van der Waals surface area contributed by atoms with Gasteiger partial charge in [-0.15, -0.1) is 0 Å². The van der Waals surface area contributed by atoms with Crippen molar-refractivity contribution in [3.8, 4) is 0 Å². The summed E-state index contributed by atoms with van der Waals surface area (Å²) in [5.41, 5.74) is 1.80. The van der Waals surface area contributed by atoms with Gasteiger partial charge in [0.05, 0.1) is 17.5 Å². The third-order valence-corrected chi connectivity index (χ3v) is 3.45. The van der Waals surface area contributed by atoms with Crippen LogP contribution in [0.25, 0.3) is 0 Å². The van der Waals surface area contributed by atoms with Crippen LogP contribution in [0, 0.1) is 5.92 Å². The topological polar surface area (TPSA) is 67.2 Å². The summed E-state index contributed by atoms with van der Waals surface area (Å²) in [6.07, 6.45) is 5.01. The Morgan fingerprint density at radius 3 is 2.95 bits per heavy atom. The van der Waals surface area contributed by atoms with Crippen LogP contribution in [0.5, 0.6) is 0 Å². The minimum absolute atomic E-state index is 0.0652. The Bertz CT molecular complexity index is 438. The minimum atomic E-state index is -0.0652. The van der Waals surface area contributed by atoms with E-state index in [4.69, 9.17) is 5.11 Å². The maximum atomic E-state index is 12.2. The summed E-state index contributed by atoms with van der Waals surface area (Å²) in [6, 6.07) is 0. The van der Waals surface area contributed by atoms with E-state index in [1.165, 1.54) is 0 Å². The maximum Gasteiger partial charge on any atom is 0.254 e. The number of aryl methyl sites for hydroxylation is 1. The normalized spacial score (nSPS) is 16.4. The van der Waals surface area contributed by atoms with Crippen LogP contribution in [0.15, 0.2) is 6.20 Å². The quantitative estimate of drug-likeness (QED) is 0.785. The molecule has 1 fully saturated rings. The van der Waals surface area contributed by atoms with Crippen molar-refractivity contribution >= 4 is 5.91 Å². The molecule has 1 atom stereocenters. The first-order chi connectivity index (χ1) is 9.17. The number of nitrogens with zero attached hydrogens (tertiary/aromatic N) is 2. The van der Waals surface area contributed by atoms with Crippen LogP contribution in [0.2, 0.25) is 0 Å². The largest absolute Gasteiger partial charge is 0.396 e. The molecule has 1 amide bonds. The average molecular weight is 265 g/mol. The van der Waals surface area contributed by atoms with Gasteiger partial charge in [0.1, 0.15) is 0 Å². The second-order valence-electron chi connectivity index (χ2n) is 5.44. The molecule has 1 aliphatic carbocycles. The highest BCUT2D eigenvalue weighted by Gasteiger charge is 2.32. The predicted molar refractivity (Wildman–Crippen MR) is 73.1 cm³/mol. The monoisotopic (exact) mass is 265 g/mol. The number of amides is 1. The van der Waals surface area contributed by atoms with E-state index in [1.807, 2.05) is 11.6 Å². The summed E-state index contributed by atoms with van der Waals surface area (Å²) in [6.45, 7) is 5.47. The van der Waals surface area contributed by atoms with Gasteiger partial charge in [0, 0.05) is 25.6 Å². The van der Waals surface area contributed by atoms with Crippen LogP contribution in [0.3, 0.4) is 0 Å². The Kier molecular flexibility index (Phi) is 4.58. The summed E-state index contributed by atoms with van der Waals surface area (Å²) in [5.74, 6) is 0.522. The molecule has 0 aliphatic heterocycles. The molecule has 1 aliphatic rings. The molecular weight excluding hydrogens is 242 g/mol. The molecule has 5 heteroatoms. The Hall–Kier alpha value is -1.36. The summed E-state index contributed by atoms with van der Waals surface area (Å²) in [7, 11) is 0. The molecule has 1 unspecified atom stereocenters. The Morgan fingerprint density at radius 2 is 2.37 bits per heavy atom. The number of hydrogen-bond donors (Lipinski definition) is 2. The van der Waals surface area contributed by atoms with E-state index in [2.05, 4.69) is 17.3 Å². The minimum Gasteiger partial charge on any atom is -0.396 e. The molecule has 0 saturated heterocycles. The number of nitrogens with one attached hydrogen (secondary N) is 1. The zero-order valence-corrected chi connectivity index (χ0v) is 11.7. The molecule has 1 saturated carbocycles. The summed E-state index contributed by atoms with van der Waals surface area (Å²) >= 11 is 0. The van der Waals surface area contributed by atoms with Crippen LogP contribution < -0.4 is 5.32 Å². The fourth-order valence-electron chi connectivity index (χ4n) is 2.17. The molecule has 5 nitrogen and oxygen atoms in total. The molecule has 1 aromatic rings. The van der Waals surface area contributed by atoms with Crippen LogP contribution in [-0.2, 0) is 6.54 Å². The van der Waals surface area contributed by atoms with Gasteiger partial charge in [0.25, 0.3) is 5.91 Å². The highest BCUT2D eigenvalue weighted by molar-refractivity contribution is 5.95. The number of hydrogen-bond acceptors (Lipinski definition) is 3. The predicted octanol–water partition coefficient (Wildman–Crippen LogP) is 1.53. The van der Waals surface area contributed by atoms with Crippen molar-refractivity contribution in [2.75, 3.05) is 13.2 Å². The summed E-state index contributed by atoms with van der Waals surface area (Å²) < 4.78 is 1.97. The number of carbonyl (C=O) groups is 1. The lowest BCUT2D eigenvalue weighted by atomic mass is 10.1. The van der Waals surface area contributed by atoms with E-state index < -0.39 is 0 Å². The Morgan fingerprint density at radius 1 is 1.63 bits per heavy atom. The number of aromatic nitrogens is 2. The third kappa shape index (κ3) is 3.35. The molecular formula is C14H23N3O2. The average Bonchev–Trinajstić information content (AvgIpc) is 3.17. The molecule has 19 heavy (non-hydrogen) atoms. The molecule has 0 spiro atoms. The van der Waals surface area contributed by atoms with Gasteiger partial charge in [0.15, 0.2) is 0 Å². The maximum absolute atomic E-state index is 12.2. The molecule has 0 aromatic carbocycles. The molecule has 1 heterocycles. The number of carbonyl (C=O) groups excluding carboxylic acids is 1. The second-order valence-corrected chi connectivity index (χ2v) is 5.44. The molecule has 106 valence electrons. The first-order valence-electron chi connectivity index (χ1n) is 7.12. The number of rotatable bonds is 7. The molecule has 2 N–H and O–H groups in total. The van der Waals surface area contributed by atoms with Gasteiger partial charge in [-0.05, 0) is 25.2 Å². The van der Waals surface area contributed by atoms with Crippen molar-refractivity contribution in [1.82, 2.24) is 15.1 Å². The fraction of sp³-hybridized carbons (Fsp3) is 0.714. The molecule has 0 bridgehead atoms. The molecule has 0 radical (unpaired) electrons. The van der Waals surface area contributed by atoms with Crippen LogP contribution in [-0.4, -0.2) is 33.9 Å². The van der Waals surface area contributed by atoms with Crippen molar-refractivity contribution in [2.24, 2.45) is 5.92 Å². The van der Waals surface area contributed by atoms with Gasteiger partial charge in [-0.25, -0.2) is 0 Å². The fourth-order valence-corrected chi connectivity index (χ4v) is 2.17. The Labute approximate surface area is 114 Å². The van der Waals surface area contributed by atoms with Crippen molar-refractivity contribution < 1.29 is 9.90 Å². The van der Waals surface area contributed by atoms with Crippen molar-refractivity contribution in [1.29, 1.82) is 0 Å². The molecule has 1 aromatic heterocycles. The zero-order chi connectivity index (χ0) is 13.8. The van der Waals surface area contributed by atoms with Crippen LogP contribution in [0.4, 0.5) is 0 Å². The van der Waals surface area contributed by atoms with Crippen LogP contribution >= 0.6 is 0 Å². The van der Waals surface area contributed by atoms with E-state index in [9.17, 15) is 4.79 Å². The van der Waals surface area contributed by atoms with Gasteiger partial charge in [-0.2, -0.15) is 5.10 Å². The van der Waals surface area contributed by atoms with Gasteiger partial charge < -0.3 is 10.4 Å². The highest BCUT2D eigenvalue weighted by atomic mass is 16.3. The van der Waals surface area contributed by atoms with Crippen molar-refractivity contribution in [2.45, 2.75) is 45.6 Å². The first kappa shape index (κ1) is 14.1. The smallest absolute Gasteiger partial charge is 0.254 e. The summed E-state index contributed by atoms with van der Waals surface area (Å²) in [5, 5.41) is 16.2. The second kappa shape index (κ2) is 6.19. The SMILES string of the molecule is CCCn1ncc(C(=O)NCC(C)CO)c1C1CC1. The standard InChI is InChI=1S/C14H23N3O2/c1-3-6-17-13(11-4-5-11)12(8-16-17)14(19)15-7-10(2)9-18/h8,10-11,18H,3-7,9H2,1-2H3,(H,15,19). The summed E-state index contributed by atoms with van der Waals surface area (Å²) in [4.78, 5) is 12.2. The Balaban J connectivity index is 2.08. The van der Waals surface area contributed by atoms with Crippen molar-refractivity contribution in [3.63, 3.8) is 0 Å². The zero-order valence-electron chi connectivity index (χ0n) is 11.7. The molecule has 2 rings (SSSR count). The van der Waals surface area contributed by atoms with Gasteiger partial charge >= 0.3 is 0 Å². The lowest BCUT2D eigenvalue weighted by Gasteiger charge is -2.11. The first-order valence-corrected chi connectivity index (χ1v) is 7.12. The van der Waals surface area contributed by atoms with E-state index in [0.717, 1.165) is 31.5 Å². The lowest BCUT2D eigenvalue weighted by Crippen LogP contribution is -2.30. The van der Waals surface area contributed by atoms with Gasteiger partial charge in [-0.3, -0.25) is 9.48 Å². The number of aliphatic hydroxyl groups is 1.